The summed E-state index contributed by atoms with van der Waals surface area (Å²) in [4.78, 5) is 20.5. The molecule has 0 radical (unpaired) electrons. The van der Waals surface area contributed by atoms with Gasteiger partial charge in [-0.2, -0.15) is 0 Å². The molecule has 6 heteroatoms. The Morgan fingerprint density at radius 3 is 2.71 bits per heavy atom. The van der Waals surface area contributed by atoms with Gasteiger partial charge in [0.25, 0.3) is 5.91 Å². The lowest BCUT2D eigenvalue weighted by molar-refractivity contribution is 0.0965. The average molecular weight is 394 g/mol. The van der Waals surface area contributed by atoms with Crippen molar-refractivity contribution >= 4 is 34.3 Å². The fourth-order valence-corrected chi connectivity index (χ4v) is 2.57. The monoisotopic (exact) mass is 394 g/mol. The lowest BCUT2D eigenvalue weighted by Crippen LogP contribution is -2.36. The Morgan fingerprint density at radius 1 is 1.38 bits per heavy atom. The normalized spacial score (nSPS) is 15.0. The minimum Gasteiger partial charge on any atom is -0.319 e. The van der Waals surface area contributed by atoms with E-state index < -0.39 is 0 Å². The minimum absolute atomic E-state index is 0.0496. The van der Waals surface area contributed by atoms with Gasteiger partial charge in [0.2, 0.25) is 0 Å². The molecule has 1 atom stereocenters. The Hall–Kier alpha value is -1.70. The third-order valence-corrected chi connectivity index (χ3v) is 4.30. The van der Waals surface area contributed by atoms with Crippen LogP contribution in [0.15, 0.2) is 41.8 Å². The second-order valence-electron chi connectivity index (χ2n) is 4.95. The van der Waals surface area contributed by atoms with Crippen molar-refractivity contribution in [1.82, 2.24) is 14.9 Å². The van der Waals surface area contributed by atoms with E-state index in [9.17, 15) is 4.79 Å². The Bertz CT molecular complexity index is 690. The molecule has 3 rings (SSSR count). The molecule has 1 N–H and O–H groups in total. The first-order valence-corrected chi connectivity index (χ1v) is 7.85. The van der Waals surface area contributed by atoms with Crippen LogP contribution in [-0.4, -0.2) is 27.8 Å². The Labute approximate surface area is 136 Å². The molecule has 0 spiro atoms. The van der Waals surface area contributed by atoms with Gasteiger partial charge in [-0.05, 0) is 47.2 Å². The zero-order chi connectivity index (χ0) is 14.8. The first-order valence-electron chi connectivity index (χ1n) is 6.77. The molecule has 1 aromatic carbocycles. The molecule has 0 fully saturated rings. The number of amidine groups is 1. The minimum atomic E-state index is -0.150. The van der Waals surface area contributed by atoms with Crippen molar-refractivity contribution in [2.24, 2.45) is 4.99 Å². The second-order valence-corrected chi connectivity index (χ2v) is 6.19. The zero-order valence-corrected chi connectivity index (χ0v) is 13.7. The summed E-state index contributed by atoms with van der Waals surface area (Å²) >= 11 is 2.28. The van der Waals surface area contributed by atoms with E-state index in [2.05, 4.69) is 69.1 Å². The van der Waals surface area contributed by atoms with Crippen molar-refractivity contribution in [3.63, 3.8) is 0 Å². The number of amides is 1. The second kappa shape index (κ2) is 5.97. The van der Waals surface area contributed by atoms with Crippen molar-refractivity contribution in [2.75, 3.05) is 6.54 Å². The van der Waals surface area contributed by atoms with Gasteiger partial charge in [0.1, 0.15) is 11.5 Å². The topological polar surface area (TPSA) is 59.3 Å². The lowest BCUT2D eigenvalue weighted by atomic mass is 10.1. The third-order valence-electron chi connectivity index (χ3n) is 3.58. The van der Waals surface area contributed by atoms with Gasteiger partial charge in [0.15, 0.2) is 0 Å². The SMILES string of the molecule is C[C@H](c1ccc(I)cc1)n1cncc1C(=O)NC1=NCC1. The molecule has 1 aliphatic rings. The number of imidazole rings is 1. The maximum atomic E-state index is 12.3. The summed E-state index contributed by atoms with van der Waals surface area (Å²) in [6.07, 6.45) is 4.13. The van der Waals surface area contributed by atoms with Gasteiger partial charge in [-0.25, -0.2) is 4.98 Å². The van der Waals surface area contributed by atoms with Gasteiger partial charge in [-0.1, -0.05) is 12.1 Å². The third kappa shape index (κ3) is 2.99. The molecule has 0 aliphatic carbocycles. The molecule has 2 heterocycles. The molecule has 0 saturated carbocycles. The van der Waals surface area contributed by atoms with Gasteiger partial charge < -0.3 is 9.88 Å². The molecule has 1 aromatic heterocycles. The van der Waals surface area contributed by atoms with E-state index in [1.165, 1.54) is 3.57 Å². The molecular formula is C15H15IN4O. The molecule has 21 heavy (non-hydrogen) atoms. The Kier molecular flexibility index (Phi) is 4.05. The van der Waals surface area contributed by atoms with E-state index >= 15 is 0 Å². The zero-order valence-electron chi connectivity index (χ0n) is 11.6. The number of aliphatic imine (C=N–C) groups is 1. The Balaban J connectivity index is 1.83. The highest BCUT2D eigenvalue weighted by Crippen LogP contribution is 2.20. The smallest absolute Gasteiger partial charge is 0.274 e. The van der Waals surface area contributed by atoms with Crippen LogP contribution in [0.25, 0.3) is 0 Å². The molecular weight excluding hydrogens is 379 g/mol. The quantitative estimate of drug-likeness (QED) is 0.814. The fourth-order valence-electron chi connectivity index (χ4n) is 2.21. The number of halogens is 1. The van der Waals surface area contributed by atoms with Crippen LogP contribution in [0, 0.1) is 3.57 Å². The van der Waals surface area contributed by atoms with Crippen molar-refractivity contribution in [3.8, 4) is 0 Å². The number of nitrogens with one attached hydrogen (secondary N) is 1. The van der Waals surface area contributed by atoms with E-state index in [4.69, 9.17) is 0 Å². The number of aromatic nitrogens is 2. The van der Waals surface area contributed by atoms with Gasteiger partial charge in [0.05, 0.1) is 18.6 Å². The van der Waals surface area contributed by atoms with Crippen LogP contribution in [0.4, 0.5) is 0 Å². The molecule has 0 bridgehead atoms. The molecule has 2 aromatic rings. The lowest BCUT2D eigenvalue weighted by Gasteiger charge is -2.18. The summed E-state index contributed by atoms with van der Waals surface area (Å²) in [5, 5.41) is 2.82. The van der Waals surface area contributed by atoms with Crippen LogP contribution in [0.2, 0.25) is 0 Å². The van der Waals surface area contributed by atoms with Crippen molar-refractivity contribution in [3.05, 3.63) is 51.6 Å². The molecule has 5 nitrogen and oxygen atoms in total. The van der Waals surface area contributed by atoms with Gasteiger partial charge in [-0.15, -0.1) is 0 Å². The molecule has 1 aliphatic heterocycles. The largest absolute Gasteiger partial charge is 0.319 e. The average Bonchev–Trinajstić information content (AvgIpc) is 2.92. The number of nitrogens with zero attached hydrogens (tertiary/aromatic N) is 3. The van der Waals surface area contributed by atoms with Gasteiger partial charge in [-0.3, -0.25) is 9.79 Å². The van der Waals surface area contributed by atoms with E-state index in [1.807, 2.05) is 4.57 Å². The van der Waals surface area contributed by atoms with E-state index in [0.717, 1.165) is 24.4 Å². The van der Waals surface area contributed by atoms with Crippen LogP contribution >= 0.6 is 22.6 Å². The molecule has 108 valence electrons. The number of rotatable bonds is 3. The van der Waals surface area contributed by atoms with E-state index in [0.29, 0.717) is 5.69 Å². The maximum absolute atomic E-state index is 12.3. The van der Waals surface area contributed by atoms with Crippen LogP contribution in [0.3, 0.4) is 0 Å². The molecule has 0 unspecified atom stereocenters. The first kappa shape index (κ1) is 14.2. The van der Waals surface area contributed by atoms with Crippen molar-refractivity contribution < 1.29 is 4.79 Å². The van der Waals surface area contributed by atoms with Gasteiger partial charge in [0, 0.05) is 16.5 Å². The molecule has 0 saturated heterocycles. The Morgan fingerprint density at radius 2 is 2.10 bits per heavy atom. The number of benzene rings is 1. The number of carbonyl (C=O) groups excluding carboxylic acids is 1. The van der Waals surface area contributed by atoms with Gasteiger partial charge >= 0.3 is 0 Å². The summed E-state index contributed by atoms with van der Waals surface area (Å²) in [5.74, 6) is 0.609. The van der Waals surface area contributed by atoms with Crippen LogP contribution in [0.1, 0.15) is 35.4 Å². The predicted molar refractivity (Wildman–Crippen MR) is 89.6 cm³/mol. The maximum Gasteiger partial charge on any atom is 0.274 e. The molecule has 1 amide bonds. The fraction of sp³-hybridized carbons (Fsp3) is 0.267. The van der Waals surface area contributed by atoms with Crippen molar-refractivity contribution in [1.29, 1.82) is 0 Å². The van der Waals surface area contributed by atoms with Crippen LogP contribution in [0.5, 0.6) is 0 Å². The standard InChI is InChI=1S/C15H15IN4O/c1-10(11-2-4-12(16)5-3-11)20-9-17-8-13(20)15(21)19-14-6-7-18-14/h2-5,8-10H,6-7H2,1H3,(H,18,19,21)/t10-/m1/s1. The highest BCUT2D eigenvalue weighted by molar-refractivity contribution is 14.1. The van der Waals surface area contributed by atoms with Crippen molar-refractivity contribution in [2.45, 2.75) is 19.4 Å². The number of hydrogen-bond acceptors (Lipinski definition) is 3. The number of carbonyl (C=O) groups is 1. The number of hydrogen-bond donors (Lipinski definition) is 1. The van der Waals surface area contributed by atoms with E-state index in [-0.39, 0.29) is 11.9 Å². The summed E-state index contributed by atoms with van der Waals surface area (Å²) in [6.45, 7) is 2.86. The summed E-state index contributed by atoms with van der Waals surface area (Å²) in [7, 11) is 0. The van der Waals surface area contributed by atoms with E-state index in [1.54, 1.807) is 12.5 Å². The van der Waals surface area contributed by atoms with Crippen LogP contribution in [-0.2, 0) is 0 Å². The highest BCUT2D eigenvalue weighted by Gasteiger charge is 2.19. The first-order chi connectivity index (χ1) is 10.1. The summed E-state index contributed by atoms with van der Waals surface area (Å²) in [5.41, 5.74) is 1.69. The predicted octanol–water partition coefficient (Wildman–Crippen LogP) is 2.63. The summed E-state index contributed by atoms with van der Waals surface area (Å²) in [6, 6.07) is 8.32. The van der Waals surface area contributed by atoms with Crippen LogP contribution < -0.4 is 5.32 Å². The highest BCUT2D eigenvalue weighted by atomic mass is 127. The summed E-state index contributed by atoms with van der Waals surface area (Å²) < 4.78 is 3.08.